The SMILES string of the molecule is CCCOC(=O)C/C=C\CCCCCCCCCCN(CCCCCCCCCC/C=C\CC(=O)OCCC)C(=O)CSCCNC. The van der Waals surface area contributed by atoms with Gasteiger partial charge in [0.05, 0.1) is 31.8 Å². The minimum absolute atomic E-state index is 0.126. The number of hydrogen-bond acceptors (Lipinski definition) is 7. The molecule has 1 N–H and O–H groups in total. The maximum Gasteiger partial charge on any atom is 0.309 e. The Balaban J connectivity index is 3.94. The Morgan fingerprint density at radius 1 is 0.596 bits per heavy atom. The second kappa shape index (κ2) is 37.0. The van der Waals surface area contributed by atoms with E-state index >= 15 is 0 Å². The molecule has 47 heavy (non-hydrogen) atoms. The van der Waals surface area contributed by atoms with E-state index in [9.17, 15) is 14.4 Å². The van der Waals surface area contributed by atoms with Crippen LogP contribution in [0.25, 0.3) is 0 Å². The van der Waals surface area contributed by atoms with E-state index in [-0.39, 0.29) is 11.9 Å². The van der Waals surface area contributed by atoms with Gasteiger partial charge in [-0.05, 0) is 58.4 Å². The molecule has 0 atom stereocenters. The van der Waals surface area contributed by atoms with Gasteiger partial charge >= 0.3 is 11.9 Å². The highest BCUT2D eigenvalue weighted by molar-refractivity contribution is 7.99. The van der Waals surface area contributed by atoms with Crippen molar-refractivity contribution in [1.29, 1.82) is 0 Å². The number of esters is 2. The van der Waals surface area contributed by atoms with E-state index in [0.29, 0.717) is 37.7 Å². The van der Waals surface area contributed by atoms with Gasteiger partial charge in [-0.2, -0.15) is 11.8 Å². The number of nitrogens with one attached hydrogen (secondary N) is 1. The molecule has 0 aliphatic rings. The van der Waals surface area contributed by atoms with Crippen LogP contribution in [-0.4, -0.2) is 74.1 Å². The van der Waals surface area contributed by atoms with Crippen LogP contribution < -0.4 is 5.32 Å². The van der Waals surface area contributed by atoms with Crippen LogP contribution in [0.2, 0.25) is 0 Å². The average molecular weight is 681 g/mol. The van der Waals surface area contributed by atoms with Gasteiger partial charge in [0, 0.05) is 25.4 Å². The molecular weight excluding hydrogens is 609 g/mol. The molecule has 0 aromatic heterocycles. The zero-order valence-electron chi connectivity index (χ0n) is 30.7. The fourth-order valence-electron chi connectivity index (χ4n) is 5.18. The molecule has 0 aromatic carbocycles. The van der Waals surface area contributed by atoms with Gasteiger partial charge in [-0.1, -0.05) is 115 Å². The predicted octanol–water partition coefficient (Wildman–Crippen LogP) is 9.59. The standard InChI is InChI=1S/C39H72N2O5S/c1-4-33-45-38(43)28-24-20-16-12-8-6-10-14-18-22-26-31-41(37(42)36-47-35-30-40-3)32-27-23-19-15-11-7-9-13-17-21-25-29-39(44)46-34-5-2/h20-21,24-25,40H,4-19,22-23,26-36H2,1-3H3/b24-20-,25-21-. The van der Waals surface area contributed by atoms with Crippen LogP contribution in [0.1, 0.15) is 155 Å². The first-order valence-electron chi connectivity index (χ1n) is 19.2. The molecule has 0 aliphatic carbocycles. The predicted molar refractivity (Wildman–Crippen MR) is 201 cm³/mol. The van der Waals surface area contributed by atoms with Crippen LogP contribution in [0.5, 0.6) is 0 Å². The minimum atomic E-state index is -0.126. The van der Waals surface area contributed by atoms with Gasteiger partial charge in [0.15, 0.2) is 0 Å². The normalized spacial score (nSPS) is 11.5. The van der Waals surface area contributed by atoms with Crippen LogP contribution in [0.4, 0.5) is 0 Å². The summed E-state index contributed by atoms with van der Waals surface area (Å²) in [4.78, 5) is 38.0. The van der Waals surface area contributed by atoms with Gasteiger partial charge in [-0.3, -0.25) is 14.4 Å². The minimum Gasteiger partial charge on any atom is -0.465 e. The van der Waals surface area contributed by atoms with Crippen molar-refractivity contribution in [3.8, 4) is 0 Å². The highest BCUT2D eigenvalue weighted by Gasteiger charge is 2.13. The number of ether oxygens (including phenoxy) is 2. The summed E-state index contributed by atoms with van der Waals surface area (Å²) in [5.74, 6) is 1.63. The number of carbonyl (C=O) groups excluding carboxylic acids is 3. The number of unbranched alkanes of at least 4 members (excludes halogenated alkanes) is 16. The van der Waals surface area contributed by atoms with E-state index in [1.807, 2.05) is 33.0 Å². The van der Waals surface area contributed by atoms with E-state index in [4.69, 9.17) is 9.47 Å². The Morgan fingerprint density at radius 2 is 1.00 bits per heavy atom. The van der Waals surface area contributed by atoms with Gasteiger partial charge in [0.25, 0.3) is 0 Å². The second-order valence-corrected chi connectivity index (χ2v) is 13.7. The first-order valence-corrected chi connectivity index (χ1v) is 20.3. The van der Waals surface area contributed by atoms with Crippen LogP contribution in [-0.2, 0) is 23.9 Å². The zero-order chi connectivity index (χ0) is 34.5. The number of carbonyl (C=O) groups is 3. The lowest BCUT2D eigenvalue weighted by Gasteiger charge is -2.23. The molecule has 0 fully saturated rings. The summed E-state index contributed by atoms with van der Waals surface area (Å²) < 4.78 is 10.2. The van der Waals surface area contributed by atoms with Crippen LogP contribution in [0.15, 0.2) is 24.3 Å². The van der Waals surface area contributed by atoms with E-state index in [0.717, 1.165) is 63.9 Å². The highest BCUT2D eigenvalue weighted by Crippen LogP contribution is 2.14. The Hall–Kier alpha value is -1.80. The summed E-state index contributed by atoms with van der Waals surface area (Å²) in [5, 5.41) is 3.16. The Kier molecular flexibility index (Phi) is 35.6. The summed E-state index contributed by atoms with van der Waals surface area (Å²) in [6.45, 7) is 7.79. The van der Waals surface area contributed by atoms with Gasteiger partial charge in [0.2, 0.25) is 5.91 Å². The van der Waals surface area contributed by atoms with Gasteiger partial charge in [0.1, 0.15) is 0 Å². The molecule has 0 saturated heterocycles. The lowest BCUT2D eigenvalue weighted by molar-refractivity contribution is -0.143. The van der Waals surface area contributed by atoms with Crippen molar-refractivity contribution in [3.63, 3.8) is 0 Å². The van der Waals surface area contributed by atoms with Gasteiger partial charge in [-0.25, -0.2) is 0 Å². The molecule has 0 bridgehead atoms. The van der Waals surface area contributed by atoms with E-state index in [1.165, 1.54) is 89.9 Å². The monoisotopic (exact) mass is 681 g/mol. The van der Waals surface area contributed by atoms with Crippen molar-refractivity contribution < 1.29 is 23.9 Å². The molecule has 274 valence electrons. The topological polar surface area (TPSA) is 84.9 Å². The number of nitrogens with zero attached hydrogens (tertiary/aromatic N) is 1. The molecule has 0 rings (SSSR count). The molecule has 8 heteroatoms. The molecule has 0 spiro atoms. The summed E-state index contributed by atoms with van der Waals surface area (Å²) in [7, 11) is 1.96. The number of rotatable bonds is 35. The molecular formula is C39H72N2O5S. The van der Waals surface area contributed by atoms with Crippen molar-refractivity contribution in [3.05, 3.63) is 24.3 Å². The first kappa shape index (κ1) is 45.2. The van der Waals surface area contributed by atoms with Crippen molar-refractivity contribution in [1.82, 2.24) is 10.2 Å². The summed E-state index contributed by atoms with van der Waals surface area (Å²) in [6, 6.07) is 0. The Morgan fingerprint density at radius 3 is 1.40 bits per heavy atom. The molecule has 0 aromatic rings. The number of amides is 1. The van der Waals surface area contributed by atoms with E-state index in [2.05, 4.69) is 22.4 Å². The smallest absolute Gasteiger partial charge is 0.309 e. The molecule has 0 saturated carbocycles. The van der Waals surface area contributed by atoms with Crippen molar-refractivity contribution in [2.24, 2.45) is 0 Å². The maximum atomic E-state index is 13.0. The number of allylic oxidation sites excluding steroid dienone is 2. The third kappa shape index (κ3) is 33.9. The maximum absolute atomic E-state index is 13.0. The van der Waals surface area contributed by atoms with Crippen LogP contribution >= 0.6 is 11.8 Å². The third-order valence-electron chi connectivity index (χ3n) is 8.01. The average Bonchev–Trinajstić information content (AvgIpc) is 3.07. The fourth-order valence-corrected chi connectivity index (χ4v) is 6.03. The highest BCUT2D eigenvalue weighted by atomic mass is 32.2. The van der Waals surface area contributed by atoms with Crippen molar-refractivity contribution in [2.45, 2.75) is 155 Å². The van der Waals surface area contributed by atoms with Gasteiger partial charge in [-0.15, -0.1) is 0 Å². The van der Waals surface area contributed by atoms with Gasteiger partial charge < -0.3 is 19.7 Å². The molecule has 7 nitrogen and oxygen atoms in total. The summed E-state index contributed by atoms with van der Waals surface area (Å²) in [6.07, 6.45) is 32.4. The Bertz CT molecular complexity index is 737. The molecule has 0 aliphatic heterocycles. The zero-order valence-corrected chi connectivity index (χ0v) is 31.5. The first-order chi connectivity index (χ1) is 23.0. The summed E-state index contributed by atoms with van der Waals surface area (Å²) in [5.41, 5.74) is 0. The quantitative estimate of drug-likeness (QED) is 0.0405. The third-order valence-corrected chi connectivity index (χ3v) is 8.95. The molecule has 0 heterocycles. The van der Waals surface area contributed by atoms with E-state index in [1.54, 1.807) is 11.8 Å². The summed E-state index contributed by atoms with van der Waals surface area (Å²) >= 11 is 1.74. The number of hydrogen-bond donors (Lipinski definition) is 1. The number of thioether (sulfide) groups is 1. The second-order valence-electron chi connectivity index (χ2n) is 12.6. The lowest BCUT2D eigenvalue weighted by Crippen LogP contribution is -2.34. The lowest BCUT2D eigenvalue weighted by atomic mass is 10.1. The van der Waals surface area contributed by atoms with Crippen LogP contribution in [0.3, 0.4) is 0 Å². The largest absolute Gasteiger partial charge is 0.465 e. The Labute approximate surface area is 293 Å². The van der Waals surface area contributed by atoms with Crippen molar-refractivity contribution in [2.75, 3.05) is 51.4 Å². The fraction of sp³-hybridized carbons (Fsp3) is 0.821. The van der Waals surface area contributed by atoms with E-state index < -0.39 is 0 Å². The molecule has 0 radical (unpaired) electrons. The molecule has 0 unspecified atom stereocenters. The van der Waals surface area contributed by atoms with Crippen molar-refractivity contribution >= 4 is 29.6 Å². The molecule has 1 amide bonds. The van der Waals surface area contributed by atoms with Crippen LogP contribution in [0, 0.1) is 0 Å².